The van der Waals surface area contributed by atoms with Crippen molar-refractivity contribution in [3.05, 3.63) is 28.6 Å². The minimum atomic E-state index is -0.652. The van der Waals surface area contributed by atoms with E-state index in [0.717, 1.165) is 24.3 Å². The second-order valence-electron chi connectivity index (χ2n) is 6.16. The minimum absolute atomic E-state index is 0.106. The summed E-state index contributed by atoms with van der Waals surface area (Å²) in [6, 6.07) is -0.652. The Morgan fingerprint density at radius 1 is 1.40 bits per heavy atom. The Kier molecular flexibility index (Phi) is 3.94. The van der Waals surface area contributed by atoms with Crippen molar-refractivity contribution in [2.24, 2.45) is 11.8 Å². The molecular weight excluding hydrogens is 254 g/mol. The van der Waals surface area contributed by atoms with Crippen LogP contribution in [0.2, 0.25) is 0 Å². The number of rotatable bonds is 5. The van der Waals surface area contributed by atoms with Gasteiger partial charge in [0.2, 0.25) is 6.04 Å². The summed E-state index contributed by atoms with van der Waals surface area (Å²) in [5, 5.41) is 11.9. The molecule has 4 nitrogen and oxygen atoms in total. The van der Waals surface area contributed by atoms with E-state index in [1.165, 1.54) is 31.3 Å². The van der Waals surface area contributed by atoms with Crippen LogP contribution in [0.1, 0.15) is 45.4 Å². The number of hydrogen-bond donors (Lipinski definition) is 1. The molecule has 0 aromatic rings. The Bertz CT molecular complexity index is 451. The van der Waals surface area contributed by atoms with Crippen LogP contribution in [0, 0.1) is 17.0 Å². The number of nitrogens with one attached hydrogen (secondary N) is 1. The van der Waals surface area contributed by atoms with Gasteiger partial charge in [0.25, 0.3) is 0 Å². The number of quaternary nitrogens is 1. The summed E-state index contributed by atoms with van der Waals surface area (Å²) >= 11 is 0. The molecule has 1 fully saturated rings. The molecule has 0 saturated heterocycles. The predicted molar refractivity (Wildman–Crippen MR) is 75.6 cm³/mol. The van der Waals surface area contributed by atoms with E-state index in [0.29, 0.717) is 12.5 Å². The highest BCUT2D eigenvalue weighted by Crippen LogP contribution is 2.42. The summed E-state index contributed by atoms with van der Waals surface area (Å²) in [5.74, 6) is 1.12. The fourth-order valence-corrected chi connectivity index (χ4v) is 3.51. The molecule has 1 aliphatic heterocycles. The number of carbonyl (C=O) groups is 1. The third-order valence-corrected chi connectivity index (χ3v) is 4.78. The highest BCUT2D eigenvalue weighted by Gasteiger charge is 2.39. The maximum atomic E-state index is 12.0. The molecule has 3 aliphatic rings. The fraction of sp³-hybridized carbons (Fsp3) is 0.688. The summed E-state index contributed by atoms with van der Waals surface area (Å²) in [7, 11) is 0. The second-order valence-corrected chi connectivity index (χ2v) is 6.16. The van der Waals surface area contributed by atoms with Gasteiger partial charge in [0.05, 0.1) is 12.8 Å². The van der Waals surface area contributed by atoms with Crippen molar-refractivity contribution in [1.29, 1.82) is 0 Å². The molecule has 0 aromatic heterocycles. The van der Waals surface area contributed by atoms with Crippen molar-refractivity contribution in [1.82, 2.24) is 0 Å². The molecule has 0 bridgehead atoms. The van der Waals surface area contributed by atoms with Crippen LogP contribution in [0.3, 0.4) is 0 Å². The van der Waals surface area contributed by atoms with Crippen molar-refractivity contribution in [2.75, 3.05) is 6.61 Å². The molecule has 1 heterocycles. The number of ether oxygens (including phenoxy) is 1. The molecule has 3 atom stereocenters. The predicted octanol–water partition coefficient (Wildman–Crippen LogP) is 1.72. The lowest BCUT2D eigenvalue weighted by Gasteiger charge is -2.31. The quantitative estimate of drug-likeness (QED) is 0.615. The zero-order valence-electron chi connectivity index (χ0n) is 12.1. The summed E-state index contributed by atoms with van der Waals surface area (Å²) in [6.07, 6.45) is 10.8. The highest BCUT2D eigenvalue weighted by molar-refractivity contribution is 5.79. The Morgan fingerprint density at radius 2 is 2.20 bits per heavy atom. The van der Waals surface area contributed by atoms with Crippen LogP contribution in [0.4, 0.5) is 0 Å². The lowest BCUT2D eigenvalue weighted by atomic mass is 9.92. The number of carbonyl (C=O) groups excluding carboxylic acids is 1. The van der Waals surface area contributed by atoms with Crippen LogP contribution in [0.15, 0.2) is 23.4 Å². The van der Waals surface area contributed by atoms with Crippen LogP contribution in [0.25, 0.3) is 0 Å². The van der Waals surface area contributed by atoms with Crippen molar-refractivity contribution in [3.63, 3.8) is 0 Å². The molecule has 2 unspecified atom stereocenters. The summed E-state index contributed by atoms with van der Waals surface area (Å²) in [6.45, 7) is 2.11. The first-order chi connectivity index (χ1) is 9.70. The van der Waals surface area contributed by atoms with E-state index in [2.05, 4.69) is 0 Å². The van der Waals surface area contributed by atoms with Crippen LogP contribution >= 0.6 is 0 Å². The second kappa shape index (κ2) is 5.70. The van der Waals surface area contributed by atoms with Crippen LogP contribution < -0.4 is 5.06 Å². The first-order valence-electron chi connectivity index (χ1n) is 7.82. The van der Waals surface area contributed by atoms with E-state index >= 15 is 0 Å². The van der Waals surface area contributed by atoms with Gasteiger partial charge >= 0.3 is 5.97 Å². The number of esters is 1. The van der Waals surface area contributed by atoms with Crippen molar-refractivity contribution < 1.29 is 14.6 Å². The van der Waals surface area contributed by atoms with Gasteiger partial charge < -0.3 is 15.0 Å². The van der Waals surface area contributed by atoms with Gasteiger partial charge in [0.1, 0.15) is 0 Å². The monoisotopic (exact) mass is 277 g/mol. The molecule has 4 heteroatoms. The molecule has 0 aromatic carbocycles. The Balaban J connectivity index is 1.73. The van der Waals surface area contributed by atoms with E-state index in [9.17, 15) is 10.0 Å². The lowest BCUT2D eigenvalue weighted by molar-refractivity contribution is -0.806. The lowest BCUT2D eigenvalue weighted by Crippen LogP contribution is -3.09. The smallest absolute Gasteiger partial charge is 0.370 e. The minimum Gasteiger partial charge on any atom is -0.628 e. The van der Waals surface area contributed by atoms with Gasteiger partial charge in [-0.2, -0.15) is 0 Å². The van der Waals surface area contributed by atoms with E-state index in [1.54, 1.807) is 13.1 Å². The van der Waals surface area contributed by atoms with Gasteiger partial charge in [-0.1, -0.05) is 12.8 Å². The third-order valence-electron chi connectivity index (χ3n) is 4.78. The number of allylic oxidation sites excluding steroid dienone is 2. The normalized spacial score (nSPS) is 32.4. The van der Waals surface area contributed by atoms with Crippen LogP contribution in [-0.4, -0.2) is 18.6 Å². The van der Waals surface area contributed by atoms with E-state index in [-0.39, 0.29) is 11.0 Å². The molecule has 0 spiro atoms. The topological polar surface area (TPSA) is 53.8 Å². The molecule has 20 heavy (non-hydrogen) atoms. The molecule has 2 aliphatic carbocycles. The largest absolute Gasteiger partial charge is 0.628 e. The van der Waals surface area contributed by atoms with Crippen LogP contribution in [0.5, 0.6) is 0 Å². The molecule has 1 N–H and O–H groups in total. The van der Waals surface area contributed by atoms with Gasteiger partial charge in [-0.05, 0) is 56.1 Å². The fourth-order valence-electron chi connectivity index (χ4n) is 3.51. The molecule has 3 rings (SSSR count). The van der Waals surface area contributed by atoms with Crippen molar-refractivity contribution >= 4 is 5.97 Å². The van der Waals surface area contributed by atoms with Crippen molar-refractivity contribution in [3.8, 4) is 0 Å². The summed E-state index contributed by atoms with van der Waals surface area (Å²) in [5.41, 5.74) is 2.29. The van der Waals surface area contributed by atoms with Gasteiger partial charge in [0, 0.05) is 5.57 Å². The maximum Gasteiger partial charge on any atom is 0.370 e. The zero-order valence-corrected chi connectivity index (χ0v) is 12.1. The van der Waals surface area contributed by atoms with Gasteiger partial charge in [0.15, 0.2) is 0 Å². The van der Waals surface area contributed by atoms with E-state index in [4.69, 9.17) is 4.74 Å². The van der Waals surface area contributed by atoms with Gasteiger partial charge in [-0.3, -0.25) is 0 Å². The van der Waals surface area contributed by atoms with Gasteiger partial charge in [-0.25, -0.2) is 4.79 Å². The average molecular weight is 277 g/mol. The SMILES string of the molecule is CCOC(=O)C1C2=C(C=C[NH+]1[O-])[C@H](CCC1CC1)CC2. The molecule has 110 valence electrons. The van der Waals surface area contributed by atoms with E-state index in [1.807, 2.05) is 6.08 Å². The first kappa shape index (κ1) is 13.8. The average Bonchev–Trinajstić information content (AvgIpc) is 3.17. The third kappa shape index (κ3) is 2.67. The molecule has 1 saturated carbocycles. The summed E-state index contributed by atoms with van der Waals surface area (Å²) < 4.78 is 5.08. The molecule has 0 radical (unpaired) electrons. The maximum absolute atomic E-state index is 12.0. The van der Waals surface area contributed by atoms with Gasteiger partial charge in [-0.15, -0.1) is 0 Å². The highest BCUT2D eigenvalue weighted by atomic mass is 16.5. The number of hydroxylamine groups is 2. The Hall–Kier alpha value is -1.13. The number of hydrogen-bond acceptors (Lipinski definition) is 3. The summed E-state index contributed by atoms with van der Waals surface area (Å²) in [4.78, 5) is 12.0. The van der Waals surface area contributed by atoms with Crippen molar-refractivity contribution in [2.45, 2.75) is 51.5 Å². The Labute approximate surface area is 120 Å². The van der Waals surface area contributed by atoms with E-state index < -0.39 is 6.04 Å². The molecular formula is C16H23NO3. The Morgan fingerprint density at radius 3 is 2.90 bits per heavy atom. The van der Waals surface area contributed by atoms with Crippen LogP contribution in [-0.2, 0) is 9.53 Å². The standard InChI is InChI=1S/C16H23NO3/c1-2-20-16(18)15-14-8-7-12(6-5-11-3-4-11)13(14)9-10-17(15)19/h9-12,15,17H,2-8H2,1H3/t12-,15?/m1/s1. The molecule has 0 amide bonds. The zero-order chi connectivity index (χ0) is 14.1. The first-order valence-corrected chi connectivity index (χ1v) is 7.82.